The van der Waals surface area contributed by atoms with Gasteiger partial charge in [0.1, 0.15) is 12.0 Å². The van der Waals surface area contributed by atoms with E-state index in [1.165, 1.54) is 18.2 Å². The van der Waals surface area contributed by atoms with Crippen molar-refractivity contribution >= 4 is 12.3 Å². The summed E-state index contributed by atoms with van der Waals surface area (Å²) in [7, 11) is 0. The fraction of sp³-hybridized carbons (Fsp3) is 0.200. The SMILES string of the molecule is NCC(C(=O)O)c1ccc(O)cc1C=O. The van der Waals surface area contributed by atoms with Gasteiger partial charge in [-0.3, -0.25) is 9.59 Å². The minimum Gasteiger partial charge on any atom is -0.508 e. The van der Waals surface area contributed by atoms with Crippen LogP contribution in [-0.4, -0.2) is 29.0 Å². The van der Waals surface area contributed by atoms with Gasteiger partial charge in [0.15, 0.2) is 0 Å². The van der Waals surface area contributed by atoms with E-state index in [2.05, 4.69) is 0 Å². The maximum absolute atomic E-state index is 10.8. The Labute approximate surface area is 86.1 Å². The van der Waals surface area contributed by atoms with Crippen LogP contribution in [0.5, 0.6) is 5.75 Å². The van der Waals surface area contributed by atoms with Gasteiger partial charge in [-0.15, -0.1) is 0 Å². The third kappa shape index (κ3) is 2.32. The second-order valence-corrected chi connectivity index (χ2v) is 3.06. The predicted octanol–water partition coefficient (Wildman–Crippen LogP) is 0.332. The van der Waals surface area contributed by atoms with E-state index in [0.29, 0.717) is 11.8 Å². The number of nitrogens with two attached hydrogens (primary N) is 1. The zero-order valence-electron chi connectivity index (χ0n) is 7.88. The fourth-order valence-corrected chi connectivity index (χ4v) is 1.34. The first kappa shape index (κ1) is 11.2. The van der Waals surface area contributed by atoms with Crippen molar-refractivity contribution in [2.75, 3.05) is 6.54 Å². The summed E-state index contributed by atoms with van der Waals surface area (Å²) in [5, 5.41) is 18.0. The Kier molecular flexibility index (Phi) is 3.41. The van der Waals surface area contributed by atoms with Gasteiger partial charge in [0.2, 0.25) is 0 Å². The lowest BCUT2D eigenvalue weighted by Gasteiger charge is -2.12. The largest absolute Gasteiger partial charge is 0.508 e. The van der Waals surface area contributed by atoms with Gasteiger partial charge in [-0.05, 0) is 17.7 Å². The smallest absolute Gasteiger partial charge is 0.312 e. The van der Waals surface area contributed by atoms with Gasteiger partial charge in [0.05, 0.1) is 5.92 Å². The first-order valence-corrected chi connectivity index (χ1v) is 4.31. The lowest BCUT2D eigenvalue weighted by Crippen LogP contribution is -2.22. The van der Waals surface area contributed by atoms with Crippen molar-refractivity contribution in [3.05, 3.63) is 29.3 Å². The van der Waals surface area contributed by atoms with Crippen molar-refractivity contribution in [3.8, 4) is 5.75 Å². The summed E-state index contributed by atoms with van der Waals surface area (Å²) in [6.07, 6.45) is 0.501. The number of benzene rings is 1. The number of carboxylic acids is 1. The first-order chi connectivity index (χ1) is 7.10. The van der Waals surface area contributed by atoms with Crippen LogP contribution < -0.4 is 5.73 Å². The minimum absolute atomic E-state index is 0.0815. The maximum Gasteiger partial charge on any atom is 0.312 e. The Morgan fingerprint density at radius 3 is 2.67 bits per heavy atom. The Balaban J connectivity index is 3.22. The molecule has 0 aliphatic heterocycles. The standard InChI is InChI=1S/C10H11NO4/c11-4-9(10(14)15)8-2-1-7(13)3-6(8)5-12/h1-3,5,9,13H,4,11H2,(H,14,15). The van der Waals surface area contributed by atoms with Crippen molar-refractivity contribution in [3.63, 3.8) is 0 Å². The van der Waals surface area contributed by atoms with Gasteiger partial charge in [-0.2, -0.15) is 0 Å². The molecule has 0 aliphatic rings. The van der Waals surface area contributed by atoms with Crippen LogP contribution in [-0.2, 0) is 4.79 Å². The molecule has 1 aromatic rings. The topological polar surface area (TPSA) is 101 Å². The number of carbonyl (C=O) groups excluding carboxylic acids is 1. The highest BCUT2D eigenvalue weighted by molar-refractivity contribution is 5.84. The molecule has 0 heterocycles. The molecule has 0 amide bonds. The van der Waals surface area contributed by atoms with Crippen LogP contribution in [0.4, 0.5) is 0 Å². The molecule has 1 aromatic carbocycles. The summed E-state index contributed by atoms with van der Waals surface area (Å²) >= 11 is 0. The van der Waals surface area contributed by atoms with Gasteiger partial charge in [-0.25, -0.2) is 0 Å². The fourth-order valence-electron chi connectivity index (χ4n) is 1.34. The summed E-state index contributed by atoms with van der Waals surface area (Å²) in [6.45, 7) is -0.0963. The highest BCUT2D eigenvalue weighted by atomic mass is 16.4. The van der Waals surface area contributed by atoms with E-state index in [1.807, 2.05) is 0 Å². The molecule has 0 saturated heterocycles. The third-order valence-corrected chi connectivity index (χ3v) is 2.11. The lowest BCUT2D eigenvalue weighted by atomic mass is 9.94. The average Bonchev–Trinajstić information content (AvgIpc) is 2.20. The quantitative estimate of drug-likeness (QED) is 0.620. The van der Waals surface area contributed by atoms with Crippen LogP contribution >= 0.6 is 0 Å². The Bertz CT molecular complexity index is 389. The van der Waals surface area contributed by atoms with Gasteiger partial charge in [0.25, 0.3) is 0 Å². The normalized spacial score (nSPS) is 12.1. The average molecular weight is 209 g/mol. The molecule has 1 rings (SSSR count). The molecule has 0 aliphatic carbocycles. The van der Waals surface area contributed by atoms with Crippen LogP contribution in [0.2, 0.25) is 0 Å². The van der Waals surface area contributed by atoms with Crippen molar-refractivity contribution in [2.24, 2.45) is 5.73 Å². The number of carboxylic acid groups (broad SMARTS) is 1. The van der Waals surface area contributed by atoms with Crippen LogP contribution in [0.15, 0.2) is 18.2 Å². The number of aldehydes is 1. The Morgan fingerprint density at radius 1 is 1.53 bits per heavy atom. The molecular formula is C10H11NO4. The summed E-state index contributed by atoms with van der Waals surface area (Å²) in [5.74, 6) is -2.10. The van der Waals surface area contributed by atoms with Crippen molar-refractivity contribution in [1.29, 1.82) is 0 Å². The number of aliphatic carboxylic acids is 1. The number of rotatable bonds is 4. The number of phenolic OH excluding ortho intramolecular Hbond substituents is 1. The molecule has 1 atom stereocenters. The molecule has 0 radical (unpaired) electrons. The van der Waals surface area contributed by atoms with Gasteiger partial charge >= 0.3 is 5.97 Å². The Morgan fingerprint density at radius 2 is 2.20 bits per heavy atom. The molecule has 0 saturated carbocycles. The molecule has 0 fully saturated rings. The number of carbonyl (C=O) groups is 2. The van der Waals surface area contributed by atoms with Crippen molar-refractivity contribution in [2.45, 2.75) is 5.92 Å². The summed E-state index contributed by atoms with van der Waals surface area (Å²) < 4.78 is 0. The number of hydrogen-bond donors (Lipinski definition) is 3. The molecule has 1 unspecified atom stereocenters. The molecule has 0 aromatic heterocycles. The van der Waals surface area contributed by atoms with Crippen LogP contribution in [0.3, 0.4) is 0 Å². The van der Waals surface area contributed by atoms with Gasteiger partial charge in [-0.1, -0.05) is 6.07 Å². The van der Waals surface area contributed by atoms with E-state index < -0.39 is 11.9 Å². The monoisotopic (exact) mass is 209 g/mol. The van der Waals surface area contributed by atoms with Crippen LogP contribution in [0, 0.1) is 0 Å². The van der Waals surface area contributed by atoms with E-state index in [-0.39, 0.29) is 17.9 Å². The van der Waals surface area contributed by atoms with E-state index in [9.17, 15) is 9.59 Å². The van der Waals surface area contributed by atoms with Crippen LogP contribution in [0.1, 0.15) is 21.8 Å². The first-order valence-electron chi connectivity index (χ1n) is 4.31. The predicted molar refractivity (Wildman–Crippen MR) is 52.9 cm³/mol. The van der Waals surface area contributed by atoms with Gasteiger partial charge < -0.3 is 15.9 Å². The molecule has 5 heteroatoms. The highest BCUT2D eigenvalue weighted by Crippen LogP contribution is 2.22. The van der Waals surface area contributed by atoms with E-state index >= 15 is 0 Å². The molecular weight excluding hydrogens is 198 g/mol. The number of phenols is 1. The van der Waals surface area contributed by atoms with E-state index in [1.54, 1.807) is 0 Å². The molecule has 5 nitrogen and oxygen atoms in total. The van der Waals surface area contributed by atoms with Crippen LogP contribution in [0.25, 0.3) is 0 Å². The highest BCUT2D eigenvalue weighted by Gasteiger charge is 2.20. The maximum atomic E-state index is 10.8. The van der Waals surface area contributed by atoms with Crippen molar-refractivity contribution in [1.82, 2.24) is 0 Å². The lowest BCUT2D eigenvalue weighted by molar-refractivity contribution is -0.138. The third-order valence-electron chi connectivity index (χ3n) is 2.11. The Hall–Kier alpha value is -1.88. The number of hydrogen-bond acceptors (Lipinski definition) is 4. The molecule has 15 heavy (non-hydrogen) atoms. The zero-order valence-corrected chi connectivity index (χ0v) is 7.88. The van der Waals surface area contributed by atoms with Crippen molar-refractivity contribution < 1.29 is 19.8 Å². The molecule has 0 bridgehead atoms. The minimum atomic E-state index is -1.09. The second kappa shape index (κ2) is 4.56. The molecule has 4 N–H and O–H groups in total. The molecule has 80 valence electrons. The zero-order chi connectivity index (χ0) is 11.4. The van der Waals surface area contributed by atoms with Gasteiger partial charge in [0, 0.05) is 12.1 Å². The summed E-state index contributed by atoms with van der Waals surface area (Å²) in [5.41, 5.74) is 5.77. The molecule has 0 spiro atoms. The summed E-state index contributed by atoms with van der Waals surface area (Å²) in [4.78, 5) is 21.5. The second-order valence-electron chi connectivity index (χ2n) is 3.06. The number of aromatic hydroxyl groups is 1. The van der Waals surface area contributed by atoms with E-state index in [4.69, 9.17) is 15.9 Å². The summed E-state index contributed by atoms with van der Waals surface area (Å²) in [6, 6.07) is 3.94. The van der Waals surface area contributed by atoms with E-state index in [0.717, 1.165) is 0 Å².